The molecular weight excluding hydrogens is 186 g/mol. The van der Waals surface area contributed by atoms with E-state index in [9.17, 15) is 0 Å². The first-order valence-corrected chi connectivity index (χ1v) is 5.67. The van der Waals surface area contributed by atoms with E-state index in [0.29, 0.717) is 11.5 Å². The third-order valence-electron chi connectivity index (χ3n) is 3.03. The van der Waals surface area contributed by atoms with Gasteiger partial charge in [0.2, 0.25) is 0 Å². The maximum absolute atomic E-state index is 4.16. The van der Waals surface area contributed by atoms with Crippen LogP contribution in [-0.2, 0) is 13.1 Å². The van der Waals surface area contributed by atoms with Crippen LogP contribution in [0.4, 0.5) is 0 Å². The summed E-state index contributed by atoms with van der Waals surface area (Å²) >= 11 is 0. The first kappa shape index (κ1) is 12.2. The summed E-state index contributed by atoms with van der Waals surface area (Å²) < 4.78 is 2.17. The molecule has 1 atom stereocenters. The van der Waals surface area contributed by atoms with Gasteiger partial charge in [-0.05, 0) is 19.3 Å². The summed E-state index contributed by atoms with van der Waals surface area (Å²) in [5, 5.41) is 3.54. The minimum absolute atomic E-state index is 0.303. The Morgan fingerprint density at radius 3 is 2.67 bits per heavy atom. The highest BCUT2D eigenvalue weighted by atomic mass is 15.1. The van der Waals surface area contributed by atoms with Crippen molar-refractivity contribution in [2.45, 2.75) is 53.8 Å². The Morgan fingerprint density at radius 2 is 2.13 bits per heavy atom. The van der Waals surface area contributed by atoms with Crippen LogP contribution in [0.5, 0.6) is 0 Å². The average molecular weight is 209 g/mol. The lowest BCUT2D eigenvalue weighted by Gasteiger charge is -2.28. The molecule has 1 unspecified atom stereocenters. The fourth-order valence-corrected chi connectivity index (χ4v) is 1.34. The van der Waals surface area contributed by atoms with Crippen LogP contribution in [0.2, 0.25) is 0 Å². The van der Waals surface area contributed by atoms with Gasteiger partial charge in [0.1, 0.15) is 0 Å². The van der Waals surface area contributed by atoms with Crippen molar-refractivity contribution in [1.29, 1.82) is 0 Å². The van der Waals surface area contributed by atoms with Crippen molar-refractivity contribution >= 4 is 0 Å². The fraction of sp³-hybridized carbons (Fsp3) is 0.750. The van der Waals surface area contributed by atoms with E-state index < -0.39 is 0 Å². The molecule has 1 aromatic rings. The van der Waals surface area contributed by atoms with Crippen molar-refractivity contribution in [3.8, 4) is 0 Å². The van der Waals surface area contributed by atoms with Crippen LogP contribution in [0.1, 0.15) is 40.3 Å². The highest BCUT2D eigenvalue weighted by Gasteiger charge is 2.19. The molecule has 0 aliphatic carbocycles. The number of nitrogens with zero attached hydrogens (tertiary/aromatic N) is 2. The minimum Gasteiger partial charge on any atom is -0.334 e. The van der Waals surface area contributed by atoms with Crippen molar-refractivity contribution in [2.75, 3.05) is 0 Å². The smallest absolute Gasteiger partial charge is 0.0948 e. The quantitative estimate of drug-likeness (QED) is 0.825. The summed E-state index contributed by atoms with van der Waals surface area (Å²) in [6.45, 7) is 13.0. The number of hydrogen-bond acceptors (Lipinski definition) is 2. The maximum Gasteiger partial charge on any atom is 0.0948 e. The largest absolute Gasteiger partial charge is 0.334 e. The fourth-order valence-electron chi connectivity index (χ4n) is 1.34. The van der Waals surface area contributed by atoms with Crippen LogP contribution in [0.15, 0.2) is 12.5 Å². The molecule has 0 radical (unpaired) electrons. The Hall–Kier alpha value is -0.830. The van der Waals surface area contributed by atoms with Gasteiger partial charge in [0.15, 0.2) is 0 Å². The van der Waals surface area contributed by atoms with E-state index in [1.807, 2.05) is 12.5 Å². The third kappa shape index (κ3) is 3.34. The molecule has 1 rings (SSSR count). The van der Waals surface area contributed by atoms with Crippen molar-refractivity contribution in [3.63, 3.8) is 0 Å². The zero-order valence-electron chi connectivity index (χ0n) is 10.5. The van der Waals surface area contributed by atoms with Crippen molar-refractivity contribution in [2.24, 2.45) is 5.41 Å². The predicted molar refractivity (Wildman–Crippen MR) is 63.7 cm³/mol. The van der Waals surface area contributed by atoms with Crippen LogP contribution in [-0.4, -0.2) is 15.6 Å². The Balaban J connectivity index is 2.50. The van der Waals surface area contributed by atoms with Gasteiger partial charge in [-0.2, -0.15) is 0 Å². The molecule has 0 aromatic carbocycles. The highest BCUT2D eigenvalue weighted by Crippen LogP contribution is 2.18. The Bertz CT molecular complexity index is 296. The van der Waals surface area contributed by atoms with Gasteiger partial charge in [-0.15, -0.1) is 0 Å². The van der Waals surface area contributed by atoms with Gasteiger partial charge in [0.05, 0.1) is 12.0 Å². The number of imidazole rings is 1. The Morgan fingerprint density at radius 1 is 1.47 bits per heavy atom. The zero-order valence-corrected chi connectivity index (χ0v) is 10.5. The lowest BCUT2D eigenvalue weighted by molar-refractivity contribution is 0.283. The molecule has 0 saturated heterocycles. The third-order valence-corrected chi connectivity index (χ3v) is 3.03. The van der Waals surface area contributed by atoms with E-state index in [1.54, 1.807) is 0 Å². The van der Waals surface area contributed by atoms with Gasteiger partial charge in [0, 0.05) is 25.3 Å². The van der Waals surface area contributed by atoms with Gasteiger partial charge in [-0.3, -0.25) is 0 Å². The first-order valence-electron chi connectivity index (χ1n) is 5.67. The summed E-state index contributed by atoms with van der Waals surface area (Å²) in [5.74, 6) is 0. The van der Waals surface area contributed by atoms with E-state index in [-0.39, 0.29) is 0 Å². The summed E-state index contributed by atoms with van der Waals surface area (Å²) in [7, 11) is 0. The number of aromatic nitrogens is 2. The molecule has 15 heavy (non-hydrogen) atoms. The van der Waals surface area contributed by atoms with Gasteiger partial charge in [-0.1, -0.05) is 20.8 Å². The second-order valence-corrected chi connectivity index (χ2v) is 5.14. The number of nitrogens with one attached hydrogen (secondary N) is 1. The molecule has 0 bridgehead atoms. The monoisotopic (exact) mass is 209 g/mol. The number of hydrogen-bond donors (Lipinski definition) is 1. The molecule has 0 aliphatic rings. The van der Waals surface area contributed by atoms with Crippen LogP contribution < -0.4 is 5.32 Å². The lowest BCUT2D eigenvalue weighted by Crippen LogP contribution is -2.37. The molecule has 3 nitrogen and oxygen atoms in total. The van der Waals surface area contributed by atoms with E-state index >= 15 is 0 Å². The maximum atomic E-state index is 4.16. The molecule has 0 aliphatic heterocycles. The molecule has 1 heterocycles. The van der Waals surface area contributed by atoms with E-state index in [2.05, 4.69) is 49.5 Å². The minimum atomic E-state index is 0.303. The van der Waals surface area contributed by atoms with Crippen molar-refractivity contribution < 1.29 is 0 Å². The van der Waals surface area contributed by atoms with Crippen LogP contribution >= 0.6 is 0 Å². The second-order valence-electron chi connectivity index (χ2n) is 5.14. The molecule has 0 spiro atoms. The van der Waals surface area contributed by atoms with Crippen LogP contribution in [0, 0.1) is 5.41 Å². The lowest BCUT2D eigenvalue weighted by atomic mass is 9.88. The first-order chi connectivity index (χ1) is 6.95. The Kier molecular flexibility index (Phi) is 3.91. The standard InChI is InChI=1S/C12H23N3/c1-6-15-9-13-7-11(15)8-14-10(2)12(3,4)5/h7,9-10,14H,6,8H2,1-5H3. The predicted octanol–water partition coefficient (Wildman–Crippen LogP) is 2.43. The number of rotatable bonds is 4. The average Bonchev–Trinajstić information content (AvgIpc) is 2.59. The number of aryl methyl sites for hydroxylation is 1. The molecule has 3 heteroatoms. The van der Waals surface area contributed by atoms with Crippen LogP contribution in [0.25, 0.3) is 0 Å². The van der Waals surface area contributed by atoms with Crippen molar-refractivity contribution in [1.82, 2.24) is 14.9 Å². The van der Waals surface area contributed by atoms with Gasteiger partial charge >= 0.3 is 0 Å². The van der Waals surface area contributed by atoms with Crippen molar-refractivity contribution in [3.05, 3.63) is 18.2 Å². The summed E-state index contributed by atoms with van der Waals surface area (Å²) in [4.78, 5) is 4.16. The summed E-state index contributed by atoms with van der Waals surface area (Å²) in [6, 6.07) is 0.498. The summed E-state index contributed by atoms with van der Waals surface area (Å²) in [6.07, 6.45) is 3.82. The molecule has 0 saturated carbocycles. The summed E-state index contributed by atoms with van der Waals surface area (Å²) in [5.41, 5.74) is 1.56. The van der Waals surface area contributed by atoms with Crippen LogP contribution in [0.3, 0.4) is 0 Å². The van der Waals surface area contributed by atoms with E-state index in [1.165, 1.54) is 5.69 Å². The zero-order chi connectivity index (χ0) is 11.5. The molecule has 0 amide bonds. The molecule has 0 fully saturated rings. The Labute approximate surface area is 92.9 Å². The van der Waals surface area contributed by atoms with Gasteiger partial charge in [0.25, 0.3) is 0 Å². The van der Waals surface area contributed by atoms with Gasteiger partial charge < -0.3 is 9.88 Å². The molecular formula is C12H23N3. The topological polar surface area (TPSA) is 29.9 Å². The molecule has 1 N–H and O–H groups in total. The van der Waals surface area contributed by atoms with E-state index in [0.717, 1.165) is 13.1 Å². The molecule has 86 valence electrons. The van der Waals surface area contributed by atoms with Gasteiger partial charge in [-0.25, -0.2) is 4.98 Å². The normalized spacial score (nSPS) is 14.2. The second kappa shape index (κ2) is 4.79. The van der Waals surface area contributed by atoms with E-state index in [4.69, 9.17) is 0 Å². The highest BCUT2D eigenvalue weighted by molar-refractivity contribution is 4.98. The SMILES string of the molecule is CCn1cncc1CNC(C)C(C)(C)C. The molecule has 1 aromatic heterocycles.